The highest BCUT2D eigenvalue weighted by molar-refractivity contribution is 9.10. The van der Waals surface area contributed by atoms with Crippen LogP contribution in [0.15, 0.2) is 34.8 Å². The van der Waals surface area contributed by atoms with Crippen LogP contribution in [0.3, 0.4) is 0 Å². The Balaban J connectivity index is 2.25. The summed E-state index contributed by atoms with van der Waals surface area (Å²) in [5, 5.41) is 3.43. The molecule has 24 heavy (non-hydrogen) atoms. The number of methoxy groups -OCH3 is 1. The van der Waals surface area contributed by atoms with Crippen LogP contribution in [0.25, 0.3) is 0 Å². The van der Waals surface area contributed by atoms with Crippen LogP contribution in [0.5, 0.6) is 11.5 Å². The van der Waals surface area contributed by atoms with Crippen molar-refractivity contribution in [2.75, 3.05) is 19.0 Å². The second-order valence-electron chi connectivity index (χ2n) is 5.26. The summed E-state index contributed by atoms with van der Waals surface area (Å²) in [4.78, 5) is 12.5. The third-order valence-electron chi connectivity index (χ3n) is 3.37. The third kappa shape index (κ3) is 4.42. The second kappa shape index (κ2) is 8.40. The molecule has 0 unspecified atom stereocenters. The van der Waals surface area contributed by atoms with Gasteiger partial charge in [-0.15, -0.1) is 0 Å². The van der Waals surface area contributed by atoms with Gasteiger partial charge in [-0.05, 0) is 59.1 Å². The molecule has 0 aromatic heterocycles. The number of rotatable bonds is 6. The zero-order valence-corrected chi connectivity index (χ0v) is 16.1. The molecule has 0 bridgehead atoms. The van der Waals surface area contributed by atoms with Gasteiger partial charge in [-0.1, -0.05) is 24.6 Å². The van der Waals surface area contributed by atoms with Crippen LogP contribution in [-0.2, 0) is 0 Å². The fourth-order valence-corrected chi connectivity index (χ4v) is 2.81. The maximum absolute atomic E-state index is 12.5. The number of aryl methyl sites for hydroxylation is 1. The lowest BCUT2D eigenvalue weighted by Gasteiger charge is -2.14. The van der Waals surface area contributed by atoms with Gasteiger partial charge < -0.3 is 14.8 Å². The van der Waals surface area contributed by atoms with E-state index >= 15 is 0 Å². The summed E-state index contributed by atoms with van der Waals surface area (Å²) < 4.78 is 11.7. The molecule has 1 amide bonds. The third-order valence-corrected chi connectivity index (χ3v) is 4.37. The van der Waals surface area contributed by atoms with Crippen molar-refractivity contribution in [3.05, 3.63) is 51.0 Å². The summed E-state index contributed by atoms with van der Waals surface area (Å²) in [7, 11) is 1.54. The number of amides is 1. The van der Waals surface area contributed by atoms with E-state index in [1.54, 1.807) is 25.3 Å². The van der Waals surface area contributed by atoms with Gasteiger partial charge >= 0.3 is 0 Å². The van der Waals surface area contributed by atoms with Gasteiger partial charge in [0.2, 0.25) is 0 Å². The molecule has 4 nitrogen and oxygen atoms in total. The Kier molecular flexibility index (Phi) is 6.52. The molecule has 2 aromatic rings. The van der Waals surface area contributed by atoms with Gasteiger partial charge in [-0.2, -0.15) is 0 Å². The number of anilines is 1. The van der Waals surface area contributed by atoms with Crippen LogP contribution in [0, 0.1) is 6.92 Å². The molecule has 0 spiro atoms. The largest absolute Gasteiger partial charge is 0.493 e. The van der Waals surface area contributed by atoms with Crippen LogP contribution >= 0.6 is 27.5 Å². The van der Waals surface area contributed by atoms with Crippen LogP contribution in [0.2, 0.25) is 5.02 Å². The molecule has 0 radical (unpaired) electrons. The lowest BCUT2D eigenvalue weighted by Crippen LogP contribution is -2.12. The number of carbonyl (C=O) groups is 1. The van der Waals surface area contributed by atoms with Crippen LogP contribution in [0.4, 0.5) is 5.69 Å². The Morgan fingerprint density at radius 1 is 1.29 bits per heavy atom. The Morgan fingerprint density at radius 3 is 2.67 bits per heavy atom. The first kappa shape index (κ1) is 18.6. The predicted molar refractivity (Wildman–Crippen MR) is 101 cm³/mol. The van der Waals surface area contributed by atoms with E-state index in [-0.39, 0.29) is 5.91 Å². The van der Waals surface area contributed by atoms with Gasteiger partial charge in [0, 0.05) is 16.3 Å². The van der Waals surface area contributed by atoms with E-state index in [0.29, 0.717) is 38.9 Å². The topological polar surface area (TPSA) is 47.6 Å². The fourth-order valence-electron chi connectivity index (χ4n) is 2.07. The first-order valence-corrected chi connectivity index (χ1v) is 8.71. The minimum atomic E-state index is -0.254. The van der Waals surface area contributed by atoms with E-state index in [1.165, 1.54) is 0 Å². The number of ether oxygens (including phenoxy) is 2. The zero-order chi connectivity index (χ0) is 17.7. The SMILES string of the molecule is CCCOc1c(Br)cc(C(=O)Nc2ccc(C)c(Cl)c2)cc1OC. The van der Waals surface area contributed by atoms with E-state index in [9.17, 15) is 4.79 Å². The van der Waals surface area contributed by atoms with Gasteiger partial charge in [-0.25, -0.2) is 0 Å². The van der Waals surface area contributed by atoms with Crippen LogP contribution < -0.4 is 14.8 Å². The first-order valence-electron chi connectivity index (χ1n) is 7.54. The molecule has 2 rings (SSSR count). The monoisotopic (exact) mass is 411 g/mol. The van der Waals surface area contributed by atoms with E-state index in [1.807, 2.05) is 26.0 Å². The maximum atomic E-state index is 12.5. The highest BCUT2D eigenvalue weighted by Gasteiger charge is 2.16. The van der Waals surface area contributed by atoms with Crippen LogP contribution in [0.1, 0.15) is 29.3 Å². The van der Waals surface area contributed by atoms with Gasteiger partial charge in [-0.3, -0.25) is 4.79 Å². The number of carbonyl (C=O) groups excluding carboxylic acids is 1. The molecule has 0 heterocycles. The highest BCUT2D eigenvalue weighted by Crippen LogP contribution is 2.37. The summed E-state index contributed by atoms with van der Waals surface area (Å²) in [5.41, 5.74) is 2.05. The van der Waals surface area contributed by atoms with Crippen molar-refractivity contribution in [2.24, 2.45) is 0 Å². The minimum Gasteiger partial charge on any atom is -0.493 e. The molecule has 0 atom stereocenters. The maximum Gasteiger partial charge on any atom is 0.255 e. The average Bonchev–Trinajstić information content (AvgIpc) is 2.56. The normalized spacial score (nSPS) is 10.4. The van der Waals surface area contributed by atoms with Crippen molar-refractivity contribution in [1.29, 1.82) is 0 Å². The molecule has 1 N–H and O–H groups in total. The number of nitrogens with one attached hydrogen (secondary N) is 1. The smallest absolute Gasteiger partial charge is 0.255 e. The van der Waals surface area contributed by atoms with Gasteiger partial charge in [0.05, 0.1) is 18.2 Å². The lowest BCUT2D eigenvalue weighted by molar-refractivity contribution is 0.102. The number of halogens is 2. The molecule has 0 saturated carbocycles. The van der Waals surface area contributed by atoms with Crippen LogP contribution in [-0.4, -0.2) is 19.6 Å². The van der Waals surface area contributed by atoms with Gasteiger partial charge in [0.15, 0.2) is 11.5 Å². The summed E-state index contributed by atoms with van der Waals surface area (Å²) in [6, 6.07) is 8.75. The summed E-state index contributed by atoms with van der Waals surface area (Å²) in [5.74, 6) is 0.843. The molecule has 6 heteroatoms. The first-order chi connectivity index (χ1) is 11.5. The minimum absolute atomic E-state index is 0.254. The second-order valence-corrected chi connectivity index (χ2v) is 6.52. The Hall–Kier alpha value is -1.72. The molecule has 0 fully saturated rings. The van der Waals surface area contributed by atoms with Crippen molar-refractivity contribution in [3.8, 4) is 11.5 Å². The molecule has 0 aliphatic rings. The molecular weight excluding hydrogens is 394 g/mol. The summed E-state index contributed by atoms with van der Waals surface area (Å²) >= 11 is 9.53. The predicted octanol–water partition coefficient (Wildman–Crippen LogP) is 5.46. The number of benzene rings is 2. The molecular formula is C18H19BrClNO3. The van der Waals surface area contributed by atoms with E-state index in [0.717, 1.165) is 12.0 Å². The van der Waals surface area contributed by atoms with Crippen molar-refractivity contribution in [1.82, 2.24) is 0 Å². The molecule has 0 aliphatic carbocycles. The number of hydrogen-bond donors (Lipinski definition) is 1. The van der Waals surface area contributed by atoms with Crippen molar-refractivity contribution >= 4 is 39.1 Å². The highest BCUT2D eigenvalue weighted by atomic mass is 79.9. The van der Waals surface area contributed by atoms with E-state index in [4.69, 9.17) is 21.1 Å². The summed E-state index contributed by atoms with van der Waals surface area (Å²) in [6.45, 7) is 4.50. The van der Waals surface area contributed by atoms with Crippen molar-refractivity contribution in [2.45, 2.75) is 20.3 Å². The molecule has 0 saturated heterocycles. The zero-order valence-electron chi connectivity index (χ0n) is 13.8. The Morgan fingerprint density at radius 2 is 2.04 bits per heavy atom. The standard InChI is InChI=1S/C18H19BrClNO3/c1-4-7-24-17-14(19)8-12(9-16(17)23-3)18(22)21-13-6-5-11(2)15(20)10-13/h5-6,8-10H,4,7H2,1-3H3,(H,21,22). The summed E-state index contributed by atoms with van der Waals surface area (Å²) in [6.07, 6.45) is 0.881. The molecule has 2 aromatic carbocycles. The lowest BCUT2D eigenvalue weighted by atomic mass is 10.1. The Labute approximate surface area is 155 Å². The van der Waals surface area contributed by atoms with E-state index in [2.05, 4.69) is 21.2 Å². The van der Waals surface area contributed by atoms with Gasteiger partial charge in [0.1, 0.15) is 0 Å². The van der Waals surface area contributed by atoms with Crippen molar-refractivity contribution in [3.63, 3.8) is 0 Å². The molecule has 0 aliphatic heterocycles. The number of hydrogen-bond acceptors (Lipinski definition) is 3. The van der Waals surface area contributed by atoms with E-state index < -0.39 is 0 Å². The van der Waals surface area contributed by atoms with Crippen molar-refractivity contribution < 1.29 is 14.3 Å². The molecule has 128 valence electrons. The fraction of sp³-hybridized carbons (Fsp3) is 0.278. The van der Waals surface area contributed by atoms with Gasteiger partial charge in [0.25, 0.3) is 5.91 Å². The Bertz CT molecular complexity index is 749. The average molecular weight is 413 g/mol. The quantitative estimate of drug-likeness (QED) is 0.685.